The number of aromatic nitrogens is 2. The van der Waals surface area contributed by atoms with Gasteiger partial charge in [0, 0.05) is 13.1 Å². The van der Waals surface area contributed by atoms with Gasteiger partial charge in [0.2, 0.25) is 5.91 Å². The molecule has 1 aromatic rings. The Morgan fingerprint density at radius 1 is 1.62 bits per heavy atom. The minimum Gasteiger partial charge on any atom is -0.332 e. The lowest BCUT2D eigenvalue weighted by molar-refractivity contribution is -0.132. The highest BCUT2D eigenvalue weighted by atomic mass is 35.5. The van der Waals surface area contributed by atoms with Gasteiger partial charge in [-0.3, -0.25) is 4.79 Å². The Labute approximate surface area is 104 Å². The Morgan fingerprint density at radius 2 is 2.38 bits per heavy atom. The first-order valence-corrected chi connectivity index (χ1v) is 6.07. The number of rotatable bonds is 2. The van der Waals surface area contributed by atoms with E-state index in [-0.39, 0.29) is 5.91 Å². The fourth-order valence-electron chi connectivity index (χ4n) is 1.78. The highest BCUT2D eigenvalue weighted by molar-refractivity contribution is 6.30. The molecule has 0 unspecified atom stereocenters. The Kier molecular flexibility index (Phi) is 3.40. The van der Waals surface area contributed by atoms with Crippen LogP contribution in [0.3, 0.4) is 0 Å². The van der Waals surface area contributed by atoms with Crippen LogP contribution < -0.4 is 0 Å². The van der Waals surface area contributed by atoms with Gasteiger partial charge in [0.15, 0.2) is 0 Å². The zero-order chi connectivity index (χ0) is 11.7. The SMILES string of the molecule is CC[C@@H](Cl)C(=O)N1CCn2c(Cl)cnc2C1. The van der Waals surface area contributed by atoms with Crippen molar-refractivity contribution >= 4 is 29.1 Å². The zero-order valence-electron chi connectivity index (χ0n) is 8.99. The summed E-state index contributed by atoms with van der Waals surface area (Å²) in [5.41, 5.74) is 0. The molecule has 2 rings (SSSR count). The van der Waals surface area contributed by atoms with Crippen molar-refractivity contribution in [3.63, 3.8) is 0 Å². The van der Waals surface area contributed by atoms with E-state index in [0.29, 0.717) is 31.2 Å². The van der Waals surface area contributed by atoms with E-state index in [0.717, 1.165) is 5.82 Å². The molecule has 2 heterocycles. The number of hydrogen-bond acceptors (Lipinski definition) is 2. The molecule has 1 aromatic heterocycles. The molecule has 0 spiro atoms. The Bertz CT molecular complexity index is 405. The van der Waals surface area contributed by atoms with Gasteiger partial charge < -0.3 is 9.47 Å². The van der Waals surface area contributed by atoms with E-state index >= 15 is 0 Å². The van der Waals surface area contributed by atoms with E-state index in [1.54, 1.807) is 11.1 Å². The number of nitrogens with zero attached hydrogens (tertiary/aromatic N) is 3. The first-order valence-electron chi connectivity index (χ1n) is 5.26. The minimum atomic E-state index is -0.433. The van der Waals surface area contributed by atoms with E-state index in [4.69, 9.17) is 23.2 Å². The van der Waals surface area contributed by atoms with Crippen LogP contribution in [0.4, 0.5) is 0 Å². The normalized spacial score (nSPS) is 17.1. The second-order valence-electron chi connectivity index (χ2n) is 3.78. The molecule has 6 heteroatoms. The lowest BCUT2D eigenvalue weighted by Gasteiger charge is -2.29. The summed E-state index contributed by atoms with van der Waals surface area (Å²) in [5.74, 6) is 0.805. The van der Waals surface area contributed by atoms with Crippen molar-refractivity contribution in [1.29, 1.82) is 0 Å². The van der Waals surface area contributed by atoms with E-state index in [1.807, 2.05) is 11.5 Å². The standard InChI is InChI=1S/C10H13Cl2N3O/c1-2-7(11)10(16)14-3-4-15-8(12)5-13-9(15)6-14/h5,7H,2-4,6H2,1H3/t7-/m1/s1. The van der Waals surface area contributed by atoms with E-state index < -0.39 is 5.38 Å². The van der Waals surface area contributed by atoms with E-state index in [9.17, 15) is 4.79 Å². The summed E-state index contributed by atoms with van der Waals surface area (Å²) in [6, 6.07) is 0. The molecule has 1 amide bonds. The summed E-state index contributed by atoms with van der Waals surface area (Å²) in [7, 11) is 0. The number of alkyl halides is 1. The van der Waals surface area contributed by atoms with Crippen LogP contribution >= 0.6 is 23.2 Å². The molecule has 1 aliphatic rings. The summed E-state index contributed by atoms with van der Waals surface area (Å²) in [4.78, 5) is 17.8. The molecule has 0 aromatic carbocycles. The van der Waals surface area contributed by atoms with Gasteiger partial charge in [-0.15, -0.1) is 11.6 Å². The minimum absolute atomic E-state index is 0.0189. The molecular formula is C10H13Cl2N3O. The maximum atomic E-state index is 11.9. The fraction of sp³-hybridized carbons (Fsp3) is 0.600. The molecule has 0 bridgehead atoms. The molecule has 0 radical (unpaired) electrons. The Balaban J connectivity index is 2.11. The molecular weight excluding hydrogens is 249 g/mol. The summed E-state index contributed by atoms with van der Waals surface area (Å²) >= 11 is 11.9. The average molecular weight is 262 g/mol. The van der Waals surface area contributed by atoms with E-state index in [2.05, 4.69) is 4.98 Å². The van der Waals surface area contributed by atoms with Crippen LogP contribution in [0.15, 0.2) is 6.20 Å². The Hall–Kier alpha value is -0.740. The summed E-state index contributed by atoms with van der Waals surface area (Å²) < 4.78 is 1.92. The smallest absolute Gasteiger partial charge is 0.241 e. The zero-order valence-corrected chi connectivity index (χ0v) is 10.5. The van der Waals surface area contributed by atoms with Gasteiger partial charge in [0.05, 0.1) is 12.7 Å². The van der Waals surface area contributed by atoms with Crippen molar-refractivity contribution < 1.29 is 4.79 Å². The molecule has 0 fully saturated rings. The lowest BCUT2D eigenvalue weighted by atomic mass is 10.2. The summed E-state index contributed by atoms with van der Waals surface area (Å²) in [5, 5.41) is 0.192. The van der Waals surface area contributed by atoms with Crippen LogP contribution in [-0.4, -0.2) is 32.3 Å². The van der Waals surface area contributed by atoms with Gasteiger partial charge >= 0.3 is 0 Å². The van der Waals surface area contributed by atoms with Crippen molar-refractivity contribution in [3.05, 3.63) is 17.2 Å². The molecule has 0 saturated heterocycles. The molecule has 88 valence electrons. The summed E-state index contributed by atoms with van der Waals surface area (Å²) in [6.07, 6.45) is 2.26. The molecule has 4 nitrogen and oxygen atoms in total. The topological polar surface area (TPSA) is 38.1 Å². The van der Waals surface area contributed by atoms with Crippen molar-refractivity contribution in [3.8, 4) is 0 Å². The largest absolute Gasteiger partial charge is 0.332 e. The molecule has 1 aliphatic heterocycles. The van der Waals surface area contributed by atoms with Gasteiger partial charge in [-0.1, -0.05) is 18.5 Å². The molecule has 0 aliphatic carbocycles. The van der Waals surface area contributed by atoms with Crippen molar-refractivity contribution in [2.75, 3.05) is 6.54 Å². The maximum Gasteiger partial charge on any atom is 0.241 e. The highest BCUT2D eigenvalue weighted by Crippen LogP contribution is 2.19. The number of hydrogen-bond donors (Lipinski definition) is 0. The van der Waals surface area contributed by atoms with Crippen molar-refractivity contribution in [1.82, 2.24) is 14.5 Å². The second kappa shape index (κ2) is 4.63. The van der Waals surface area contributed by atoms with Crippen LogP contribution in [0.25, 0.3) is 0 Å². The molecule has 16 heavy (non-hydrogen) atoms. The van der Waals surface area contributed by atoms with E-state index in [1.165, 1.54) is 0 Å². The maximum absolute atomic E-state index is 11.9. The lowest BCUT2D eigenvalue weighted by Crippen LogP contribution is -2.42. The number of carbonyl (C=O) groups excluding carboxylic acids is 1. The van der Waals surface area contributed by atoms with Gasteiger partial charge in [-0.25, -0.2) is 4.98 Å². The summed E-state index contributed by atoms with van der Waals surface area (Å²) in [6.45, 7) is 3.73. The monoisotopic (exact) mass is 261 g/mol. The average Bonchev–Trinajstić information content (AvgIpc) is 2.68. The molecule has 1 atom stereocenters. The number of imidazole rings is 1. The van der Waals surface area contributed by atoms with Gasteiger partial charge in [-0.2, -0.15) is 0 Å². The van der Waals surface area contributed by atoms with Crippen molar-refractivity contribution in [2.45, 2.75) is 31.8 Å². The Morgan fingerprint density at radius 3 is 3.06 bits per heavy atom. The molecule has 0 N–H and O–H groups in total. The number of halogens is 2. The van der Waals surface area contributed by atoms with Gasteiger partial charge in [-0.05, 0) is 6.42 Å². The van der Waals surface area contributed by atoms with Crippen LogP contribution in [0, 0.1) is 0 Å². The van der Waals surface area contributed by atoms with Crippen LogP contribution in [-0.2, 0) is 17.9 Å². The first kappa shape index (κ1) is 11.7. The predicted molar refractivity (Wildman–Crippen MR) is 62.6 cm³/mol. The fourth-order valence-corrected chi connectivity index (χ4v) is 2.15. The van der Waals surface area contributed by atoms with Crippen LogP contribution in [0.2, 0.25) is 5.15 Å². The number of carbonyl (C=O) groups is 1. The van der Waals surface area contributed by atoms with Gasteiger partial charge in [0.1, 0.15) is 16.4 Å². The van der Waals surface area contributed by atoms with Gasteiger partial charge in [0.25, 0.3) is 0 Å². The number of amides is 1. The second-order valence-corrected chi connectivity index (χ2v) is 4.70. The van der Waals surface area contributed by atoms with Crippen molar-refractivity contribution in [2.24, 2.45) is 0 Å². The quantitative estimate of drug-likeness (QED) is 0.763. The first-order chi connectivity index (χ1) is 7.63. The highest BCUT2D eigenvalue weighted by Gasteiger charge is 2.26. The van der Waals surface area contributed by atoms with Crippen LogP contribution in [0.5, 0.6) is 0 Å². The third-order valence-corrected chi connectivity index (χ3v) is 3.55. The third kappa shape index (κ3) is 2.04. The predicted octanol–water partition coefficient (Wildman–Crippen LogP) is 1.90. The third-order valence-electron chi connectivity index (χ3n) is 2.75. The van der Waals surface area contributed by atoms with Crippen LogP contribution in [0.1, 0.15) is 19.2 Å². The number of fused-ring (bicyclic) bond motifs is 1. The molecule has 0 saturated carbocycles.